The molecule has 0 spiro atoms. The van der Waals surface area contributed by atoms with Crippen LogP contribution < -0.4 is 5.43 Å². The summed E-state index contributed by atoms with van der Waals surface area (Å²) < 4.78 is 0. The van der Waals surface area contributed by atoms with Crippen molar-refractivity contribution in [3.8, 4) is 17.0 Å². The summed E-state index contributed by atoms with van der Waals surface area (Å²) in [6.07, 6.45) is 1.52. The van der Waals surface area contributed by atoms with Crippen LogP contribution in [0.2, 0.25) is 5.02 Å². The molecule has 5 nitrogen and oxygen atoms in total. The van der Waals surface area contributed by atoms with Crippen LogP contribution in [0.25, 0.3) is 11.3 Å². The van der Waals surface area contributed by atoms with Gasteiger partial charge in [0.05, 0.1) is 16.9 Å². The highest BCUT2D eigenvalue weighted by Gasteiger charge is 2.07. The number of hydrazone groups is 1. The molecular weight excluding hydrogens is 326 g/mol. The maximum Gasteiger partial charge on any atom is 0.271 e. The molecule has 1 amide bonds. The van der Waals surface area contributed by atoms with Crippen LogP contribution in [0, 0.1) is 0 Å². The highest BCUT2D eigenvalue weighted by Crippen LogP contribution is 2.23. The molecule has 1 aromatic heterocycles. The van der Waals surface area contributed by atoms with Crippen molar-refractivity contribution in [1.82, 2.24) is 10.4 Å². The molecule has 0 saturated carbocycles. The van der Waals surface area contributed by atoms with Crippen LogP contribution in [0.3, 0.4) is 0 Å². The number of amides is 1. The number of phenols is 1. The van der Waals surface area contributed by atoms with E-state index in [1.165, 1.54) is 24.4 Å². The molecule has 0 radical (unpaired) electrons. The summed E-state index contributed by atoms with van der Waals surface area (Å²) in [5.41, 5.74) is 5.52. The molecule has 6 heteroatoms. The number of phenolic OH excluding ortho intramolecular Hbond substituents is 1. The molecule has 0 atom stereocenters. The highest BCUT2D eigenvalue weighted by molar-refractivity contribution is 6.32. The fraction of sp³-hybridized carbons (Fsp3) is 0. The van der Waals surface area contributed by atoms with Crippen molar-refractivity contribution in [3.63, 3.8) is 0 Å². The van der Waals surface area contributed by atoms with Gasteiger partial charge in [-0.15, -0.1) is 0 Å². The molecule has 0 saturated heterocycles. The van der Waals surface area contributed by atoms with Gasteiger partial charge in [-0.2, -0.15) is 5.10 Å². The number of carbonyl (C=O) groups is 1. The summed E-state index contributed by atoms with van der Waals surface area (Å²) in [5, 5.41) is 13.4. The predicted molar refractivity (Wildman–Crippen MR) is 94.4 cm³/mol. The van der Waals surface area contributed by atoms with E-state index < -0.39 is 5.91 Å². The lowest BCUT2D eigenvalue weighted by atomic mass is 10.2. The number of aromatic amines is 1. The van der Waals surface area contributed by atoms with Crippen LogP contribution in [-0.4, -0.2) is 22.2 Å². The first-order valence-corrected chi connectivity index (χ1v) is 7.57. The normalized spacial score (nSPS) is 10.9. The summed E-state index contributed by atoms with van der Waals surface area (Å²) in [5.74, 6) is -0.487. The number of H-pyrrole nitrogens is 1. The third-order valence-electron chi connectivity index (χ3n) is 3.37. The van der Waals surface area contributed by atoms with Gasteiger partial charge in [-0.05, 0) is 35.9 Å². The Labute approximate surface area is 143 Å². The van der Waals surface area contributed by atoms with E-state index in [4.69, 9.17) is 11.6 Å². The minimum Gasteiger partial charge on any atom is -0.506 e. The minimum absolute atomic E-state index is 0.0726. The van der Waals surface area contributed by atoms with Crippen LogP contribution in [0.15, 0.2) is 65.8 Å². The van der Waals surface area contributed by atoms with Crippen LogP contribution in [0.5, 0.6) is 5.75 Å². The van der Waals surface area contributed by atoms with Gasteiger partial charge in [-0.25, -0.2) is 5.43 Å². The van der Waals surface area contributed by atoms with Gasteiger partial charge in [-0.3, -0.25) is 4.79 Å². The lowest BCUT2D eigenvalue weighted by molar-refractivity contribution is 0.0955. The summed E-state index contributed by atoms with van der Waals surface area (Å²) >= 11 is 5.78. The molecule has 0 bridgehead atoms. The second-order valence-corrected chi connectivity index (χ2v) is 5.47. The molecule has 3 rings (SSSR count). The molecule has 0 aliphatic carbocycles. The van der Waals surface area contributed by atoms with Gasteiger partial charge in [0, 0.05) is 11.3 Å². The van der Waals surface area contributed by atoms with E-state index in [0.717, 1.165) is 17.0 Å². The fourth-order valence-corrected chi connectivity index (χ4v) is 2.33. The Balaban J connectivity index is 1.65. The molecule has 24 heavy (non-hydrogen) atoms. The molecule has 0 aliphatic heterocycles. The third kappa shape index (κ3) is 3.64. The fourth-order valence-electron chi connectivity index (χ4n) is 2.15. The number of rotatable bonds is 4. The second kappa shape index (κ2) is 7.02. The Bertz CT molecular complexity index is 888. The number of aromatic hydroxyl groups is 1. The molecule has 3 aromatic rings. The number of nitrogens with one attached hydrogen (secondary N) is 2. The minimum atomic E-state index is -0.414. The summed E-state index contributed by atoms with van der Waals surface area (Å²) in [7, 11) is 0. The van der Waals surface area contributed by atoms with Crippen molar-refractivity contribution in [1.29, 1.82) is 0 Å². The number of carbonyl (C=O) groups excluding carboxylic acids is 1. The summed E-state index contributed by atoms with van der Waals surface area (Å²) in [6, 6.07) is 17.9. The molecule has 3 N–H and O–H groups in total. The van der Waals surface area contributed by atoms with Crippen molar-refractivity contribution in [2.45, 2.75) is 0 Å². The summed E-state index contributed by atoms with van der Waals surface area (Å²) in [4.78, 5) is 15.2. The molecule has 0 aliphatic rings. The van der Waals surface area contributed by atoms with E-state index in [2.05, 4.69) is 15.5 Å². The molecule has 0 unspecified atom stereocenters. The zero-order chi connectivity index (χ0) is 16.9. The average molecular weight is 340 g/mol. The Hall–Kier alpha value is -3.05. The number of hydrogen-bond donors (Lipinski definition) is 3. The van der Waals surface area contributed by atoms with E-state index in [0.29, 0.717) is 5.56 Å². The quantitative estimate of drug-likeness (QED) is 0.499. The largest absolute Gasteiger partial charge is 0.506 e. The second-order valence-electron chi connectivity index (χ2n) is 5.06. The number of nitrogens with zero attached hydrogens (tertiary/aromatic N) is 1. The SMILES string of the molecule is O=C(NN=Cc1ccc(-c2ccccc2)[nH]1)c1ccc(O)c(Cl)c1. The van der Waals surface area contributed by atoms with Crippen LogP contribution >= 0.6 is 11.6 Å². The lowest BCUT2D eigenvalue weighted by Crippen LogP contribution is -2.17. The number of hydrogen-bond acceptors (Lipinski definition) is 3. The Morgan fingerprint density at radius 1 is 1.12 bits per heavy atom. The Morgan fingerprint density at radius 3 is 2.67 bits per heavy atom. The zero-order valence-electron chi connectivity index (χ0n) is 12.5. The first kappa shape index (κ1) is 15.8. The van der Waals surface area contributed by atoms with E-state index in [1.807, 2.05) is 42.5 Å². The first-order valence-electron chi connectivity index (χ1n) is 7.20. The maximum absolute atomic E-state index is 11.9. The standard InChI is InChI=1S/C18H14ClN3O2/c19-15-10-13(6-9-17(15)23)18(24)22-20-11-14-7-8-16(21-14)12-4-2-1-3-5-12/h1-11,21,23H,(H,22,24). The van der Waals surface area contributed by atoms with E-state index >= 15 is 0 Å². The van der Waals surface area contributed by atoms with Gasteiger partial charge in [0.2, 0.25) is 0 Å². The van der Waals surface area contributed by atoms with E-state index in [1.54, 1.807) is 0 Å². The smallest absolute Gasteiger partial charge is 0.271 e. The van der Waals surface area contributed by atoms with Crippen LogP contribution in [0.1, 0.15) is 16.1 Å². The lowest BCUT2D eigenvalue weighted by Gasteiger charge is -2.01. The Kier molecular flexibility index (Phi) is 4.63. The number of halogens is 1. The van der Waals surface area contributed by atoms with Crippen LogP contribution in [-0.2, 0) is 0 Å². The van der Waals surface area contributed by atoms with Crippen LogP contribution in [0.4, 0.5) is 0 Å². The Morgan fingerprint density at radius 2 is 1.92 bits per heavy atom. The monoisotopic (exact) mass is 339 g/mol. The van der Waals surface area contributed by atoms with E-state index in [-0.39, 0.29) is 10.8 Å². The predicted octanol–water partition coefficient (Wildman–Crippen LogP) is 3.80. The highest BCUT2D eigenvalue weighted by atomic mass is 35.5. The molecular formula is C18H14ClN3O2. The topological polar surface area (TPSA) is 77.5 Å². The maximum atomic E-state index is 11.9. The molecule has 0 fully saturated rings. The van der Waals surface area contributed by atoms with Gasteiger partial charge in [0.25, 0.3) is 5.91 Å². The first-order chi connectivity index (χ1) is 11.6. The van der Waals surface area contributed by atoms with Crippen molar-refractivity contribution in [3.05, 3.63) is 76.9 Å². The number of aromatic nitrogens is 1. The van der Waals surface area contributed by atoms with E-state index in [9.17, 15) is 9.90 Å². The van der Waals surface area contributed by atoms with Gasteiger partial charge in [0.1, 0.15) is 5.75 Å². The molecule has 120 valence electrons. The van der Waals surface area contributed by atoms with Gasteiger partial charge in [0.15, 0.2) is 0 Å². The van der Waals surface area contributed by atoms with Gasteiger partial charge in [-0.1, -0.05) is 41.9 Å². The van der Waals surface area contributed by atoms with Crippen molar-refractivity contribution < 1.29 is 9.90 Å². The molecule has 1 heterocycles. The average Bonchev–Trinajstić information content (AvgIpc) is 3.07. The zero-order valence-corrected chi connectivity index (χ0v) is 13.3. The van der Waals surface area contributed by atoms with Gasteiger partial charge >= 0.3 is 0 Å². The molecule has 2 aromatic carbocycles. The van der Waals surface area contributed by atoms with Crippen molar-refractivity contribution >= 4 is 23.7 Å². The summed E-state index contributed by atoms with van der Waals surface area (Å²) in [6.45, 7) is 0. The number of benzene rings is 2. The van der Waals surface area contributed by atoms with Gasteiger partial charge < -0.3 is 10.1 Å². The third-order valence-corrected chi connectivity index (χ3v) is 3.68. The van der Waals surface area contributed by atoms with Crippen molar-refractivity contribution in [2.24, 2.45) is 5.10 Å². The van der Waals surface area contributed by atoms with Crippen molar-refractivity contribution in [2.75, 3.05) is 0 Å².